The van der Waals surface area contributed by atoms with Gasteiger partial charge in [-0.15, -0.1) is 0 Å². The van der Waals surface area contributed by atoms with Gasteiger partial charge in [-0.05, 0) is 75.9 Å². The summed E-state index contributed by atoms with van der Waals surface area (Å²) in [5.41, 5.74) is 5.13. The van der Waals surface area contributed by atoms with E-state index < -0.39 is 0 Å². The average molecular weight is 461 g/mol. The first-order chi connectivity index (χ1) is 16.5. The van der Waals surface area contributed by atoms with E-state index in [9.17, 15) is 4.79 Å². The number of fused-ring (bicyclic) bond motifs is 1. The molecule has 5 nitrogen and oxygen atoms in total. The fourth-order valence-corrected chi connectivity index (χ4v) is 6.32. The number of anilines is 1. The first-order valence-electron chi connectivity index (χ1n) is 13.3. The van der Waals surface area contributed by atoms with Crippen molar-refractivity contribution >= 4 is 11.7 Å². The number of carbonyl (C=O) groups excluding carboxylic acids is 1. The van der Waals surface area contributed by atoms with Crippen LogP contribution >= 0.6 is 0 Å². The Labute approximate surface area is 204 Å². The zero-order chi connectivity index (χ0) is 23.7. The molecule has 1 amide bonds. The third-order valence-corrected chi connectivity index (χ3v) is 8.31. The lowest BCUT2D eigenvalue weighted by Gasteiger charge is -2.42. The summed E-state index contributed by atoms with van der Waals surface area (Å²) in [6.45, 7) is 6.97. The van der Waals surface area contributed by atoms with Gasteiger partial charge in [0.1, 0.15) is 5.82 Å². The number of piperidine rings is 1. The Hall–Kier alpha value is -2.40. The molecule has 1 saturated carbocycles. The molecule has 1 unspecified atom stereocenters. The molecule has 0 radical (unpaired) electrons. The number of nitrogens with one attached hydrogen (secondary N) is 1. The van der Waals surface area contributed by atoms with Crippen LogP contribution in [0, 0.1) is 12.8 Å². The van der Waals surface area contributed by atoms with Crippen molar-refractivity contribution in [2.75, 3.05) is 25.5 Å². The van der Waals surface area contributed by atoms with E-state index in [1.807, 2.05) is 6.20 Å². The van der Waals surface area contributed by atoms with Crippen molar-refractivity contribution in [1.29, 1.82) is 0 Å². The van der Waals surface area contributed by atoms with E-state index >= 15 is 0 Å². The zero-order valence-electron chi connectivity index (χ0n) is 21.1. The summed E-state index contributed by atoms with van der Waals surface area (Å²) in [6, 6.07) is 11.7. The summed E-state index contributed by atoms with van der Waals surface area (Å²) in [5, 5.41) is 3.67. The van der Waals surface area contributed by atoms with Crippen molar-refractivity contribution in [2.45, 2.75) is 83.3 Å². The molecule has 5 rings (SSSR count). The Kier molecular flexibility index (Phi) is 6.91. The molecule has 0 bridgehead atoms. The molecular formula is C29H40N4O. The minimum absolute atomic E-state index is 0.0451. The second kappa shape index (κ2) is 10.1. The molecule has 2 aliphatic heterocycles. The van der Waals surface area contributed by atoms with Crippen LogP contribution in [0.15, 0.2) is 36.5 Å². The smallest absolute Gasteiger partial charge is 0.226 e. The standard InChI is InChI=1S/C29H40N4O/c1-20-8-7-9-22(14-20)27-19-32(3)13-12-26(27)29(34)33-18-24-16-28(30-17-23(24)15-21(33)2)31-25-10-5-4-6-11-25/h7-9,14,16-17,21,25-27H,4-6,10-13,15,18-19H2,1-3H3,(H,30,31)/t21-,26-,27?/m0/s1. The van der Waals surface area contributed by atoms with E-state index in [2.05, 4.69) is 66.3 Å². The van der Waals surface area contributed by atoms with Gasteiger partial charge in [-0.25, -0.2) is 4.98 Å². The van der Waals surface area contributed by atoms with Crippen LogP contribution in [0.4, 0.5) is 5.82 Å². The number of benzene rings is 1. The molecule has 3 heterocycles. The van der Waals surface area contributed by atoms with Gasteiger partial charge in [-0.1, -0.05) is 49.1 Å². The van der Waals surface area contributed by atoms with Gasteiger partial charge in [0.2, 0.25) is 5.91 Å². The number of likely N-dealkylation sites (N-methyl/N-ethyl adjacent to an activating group) is 1. The van der Waals surface area contributed by atoms with E-state index in [0.717, 1.165) is 31.7 Å². The van der Waals surface area contributed by atoms with Crippen LogP contribution in [0.1, 0.15) is 73.6 Å². The molecule has 34 heavy (non-hydrogen) atoms. The van der Waals surface area contributed by atoms with E-state index in [1.165, 1.54) is 54.4 Å². The lowest BCUT2D eigenvalue weighted by atomic mass is 9.79. The highest BCUT2D eigenvalue weighted by molar-refractivity contribution is 5.81. The summed E-state index contributed by atoms with van der Waals surface area (Å²) < 4.78 is 0. The van der Waals surface area contributed by atoms with Gasteiger partial charge >= 0.3 is 0 Å². The van der Waals surface area contributed by atoms with Crippen molar-refractivity contribution in [3.8, 4) is 0 Å². The largest absolute Gasteiger partial charge is 0.367 e. The highest BCUT2D eigenvalue weighted by Crippen LogP contribution is 2.36. The Morgan fingerprint density at radius 1 is 1.09 bits per heavy atom. The number of amides is 1. The van der Waals surface area contributed by atoms with Crippen LogP contribution in [0.2, 0.25) is 0 Å². The number of carbonyl (C=O) groups is 1. The van der Waals surface area contributed by atoms with Crippen molar-refractivity contribution in [1.82, 2.24) is 14.8 Å². The van der Waals surface area contributed by atoms with Crippen molar-refractivity contribution in [3.05, 3.63) is 58.8 Å². The topological polar surface area (TPSA) is 48.5 Å². The molecule has 1 N–H and O–H groups in total. The van der Waals surface area contributed by atoms with Gasteiger partial charge in [0.25, 0.3) is 0 Å². The van der Waals surface area contributed by atoms with Crippen molar-refractivity contribution in [2.24, 2.45) is 5.92 Å². The summed E-state index contributed by atoms with van der Waals surface area (Å²) in [5.74, 6) is 1.60. The molecule has 2 fully saturated rings. The van der Waals surface area contributed by atoms with E-state index in [-0.39, 0.29) is 17.9 Å². The maximum atomic E-state index is 14.0. The predicted molar refractivity (Wildman–Crippen MR) is 138 cm³/mol. The second-order valence-electron chi connectivity index (χ2n) is 11.0. The lowest BCUT2D eigenvalue weighted by molar-refractivity contribution is -0.141. The highest BCUT2D eigenvalue weighted by atomic mass is 16.2. The zero-order valence-corrected chi connectivity index (χ0v) is 21.1. The number of aromatic nitrogens is 1. The summed E-state index contributed by atoms with van der Waals surface area (Å²) in [4.78, 5) is 23.3. The van der Waals surface area contributed by atoms with Crippen LogP contribution in [0.5, 0.6) is 0 Å². The molecule has 3 aliphatic rings. The van der Waals surface area contributed by atoms with Crippen molar-refractivity contribution < 1.29 is 4.79 Å². The quantitative estimate of drug-likeness (QED) is 0.686. The maximum Gasteiger partial charge on any atom is 0.226 e. The highest BCUT2D eigenvalue weighted by Gasteiger charge is 2.39. The fourth-order valence-electron chi connectivity index (χ4n) is 6.32. The average Bonchev–Trinajstić information content (AvgIpc) is 2.84. The van der Waals surface area contributed by atoms with Gasteiger partial charge in [0, 0.05) is 43.2 Å². The Balaban J connectivity index is 1.35. The molecule has 5 heteroatoms. The fraction of sp³-hybridized carbons (Fsp3) is 0.586. The summed E-state index contributed by atoms with van der Waals surface area (Å²) in [6.07, 6.45) is 10.3. The normalized spacial score (nSPS) is 26.2. The number of pyridine rings is 1. The van der Waals surface area contributed by atoms with Crippen LogP contribution < -0.4 is 5.32 Å². The van der Waals surface area contributed by atoms with Crippen LogP contribution in [0.25, 0.3) is 0 Å². The Morgan fingerprint density at radius 2 is 1.91 bits per heavy atom. The third kappa shape index (κ3) is 5.00. The number of nitrogens with zero attached hydrogens (tertiary/aromatic N) is 3. The van der Waals surface area contributed by atoms with Crippen LogP contribution in [0.3, 0.4) is 0 Å². The van der Waals surface area contributed by atoms with Gasteiger partial charge in [0.15, 0.2) is 0 Å². The van der Waals surface area contributed by atoms with Gasteiger partial charge in [-0.3, -0.25) is 4.79 Å². The number of hydrogen-bond donors (Lipinski definition) is 1. The molecule has 2 aromatic rings. The molecule has 0 spiro atoms. The van der Waals surface area contributed by atoms with Crippen LogP contribution in [-0.4, -0.2) is 52.9 Å². The van der Waals surface area contributed by atoms with E-state index in [1.54, 1.807) is 0 Å². The Morgan fingerprint density at radius 3 is 2.71 bits per heavy atom. The van der Waals surface area contributed by atoms with E-state index in [4.69, 9.17) is 4.98 Å². The second-order valence-corrected chi connectivity index (χ2v) is 11.0. The van der Waals surface area contributed by atoms with Gasteiger partial charge in [-0.2, -0.15) is 0 Å². The molecule has 1 aromatic heterocycles. The molecule has 1 aromatic carbocycles. The number of hydrogen-bond acceptors (Lipinski definition) is 4. The Bertz CT molecular complexity index is 1010. The first kappa shape index (κ1) is 23.3. The summed E-state index contributed by atoms with van der Waals surface area (Å²) >= 11 is 0. The number of likely N-dealkylation sites (tertiary alicyclic amines) is 1. The minimum atomic E-state index is 0.0451. The monoisotopic (exact) mass is 460 g/mol. The summed E-state index contributed by atoms with van der Waals surface area (Å²) in [7, 11) is 2.18. The first-order valence-corrected chi connectivity index (χ1v) is 13.3. The molecule has 182 valence electrons. The minimum Gasteiger partial charge on any atom is -0.367 e. The maximum absolute atomic E-state index is 14.0. The third-order valence-electron chi connectivity index (χ3n) is 8.31. The van der Waals surface area contributed by atoms with Gasteiger partial charge < -0.3 is 15.1 Å². The van der Waals surface area contributed by atoms with Gasteiger partial charge in [0.05, 0.1) is 0 Å². The van der Waals surface area contributed by atoms with E-state index in [0.29, 0.717) is 18.5 Å². The molecule has 1 aliphatic carbocycles. The van der Waals surface area contributed by atoms with Crippen LogP contribution in [-0.2, 0) is 17.8 Å². The number of rotatable bonds is 4. The lowest BCUT2D eigenvalue weighted by Crippen LogP contribution is -2.50. The van der Waals surface area contributed by atoms with Crippen molar-refractivity contribution in [3.63, 3.8) is 0 Å². The SMILES string of the molecule is Cc1cccc(C2CN(C)CC[C@@H]2C(=O)N2Cc3cc(NC4CCCCC4)ncc3C[C@@H]2C)c1. The molecular weight excluding hydrogens is 420 g/mol. The number of aryl methyl sites for hydroxylation is 1. The molecule has 1 saturated heterocycles. The predicted octanol–water partition coefficient (Wildman–Crippen LogP) is 5.14. The molecule has 3 atom stereocenters.